The van der Waals surface area contributed by atoms with E-state index in [1.54, 1.807) is 42.5 Å². The lowest BCUT2D eigenvalue weighted by Crippen LogP contribution is -2.63. The average Bonchev–Trinajstić information content (AvgIpc) is 2.63. The minimum absolute atomic E-state index is 0.390. The van der Waals surface area contributed by atoms with E-state index >= 15 is 0 Å². The summed E-state index contributed by atoms with van der Waals surface area (Å²) in [6, 6.07) is 16.7. The molecule has 25 heavy (non-hydrogen) atoms. The van der Waals surface area contributed by atoms with Gasteiger partial charge in [-0.2, -0.15) is 21.0 Å². The quantitative estimate of drug-likeness (QED) is 0.829. The Labute approximate surface area is 145 Å². The van der Waals surface area contributed by atoms with Gasteiger partial charge in [-0.05, 0) is 18.2 Å². The number of nitrogens with zero attached hydrogens (tertiary/aromatic N) is 4. The number of nitriles is 4. The lowest BCUT2D eigenvalue weighted by Gasteiger charge is -2.54. The van der Waals surface area contributed by atoms with Gasteiger partial charge in [0.1, 0.15) is 11.5 Å². The van der Waals surface area contributed by atoms with E-state index in [2.05, 4.69) is 0 Å². The lowest BCUT2D eigenvalue weighted by molar-refractivity contribution is -0.0219. The van der Waals surface area contributed by atoms with Gasteiger partial charge in [-0.3, -0.25) is 0 Å². The van der Waals surface area contributed by atoms with Crippen LogP contribution < -0.4 is 4.74 Å². The van der Waals surface area contributed by atoms with Gasteiger partial charge in [0.25, 0.3) is 0 Å². The summed E-state index contributed by atoms with van der Waals surface area (Å²) in [4.78, 5) is 0. The Kier molecular flexibility index (Phi) is 3.86. The molecule has 0 bridgehead atoms. The van der Waals surface area contributed by atoms with Crippen LogP contribution in [0.2, 0.25) is 0 Å². The van der Waals surface area contributed by atoms with Crippen molar-refractivity contribution in [1.82, 2.24) is 0 Å². The van der Waals surface area contributed by atoms with Crippen LogP contribution in [0.4, 0.5) is 0 Å². The summed E-state index contributed by atoms with van der Waals surface area (Å²) in [7, 11) is 0. The summed E-state index contributed by atoms with van der Waals surface area (Å²) in [6.07, 6.45) is 8.58. The zero-order valence-electron chi connectivity index (χ0n) is 13.1. The molecule has 2 aliphatic carbocycles. The second-order valence-corrected chi connectivity index (χ2v) is 5.82. The number of ether oxygens (including phenoxy) is 1. The third kappa shape index (κ3) is 2.05. The van der Waals surface area contributed by atoms with E-state index in [4.69, 9.17) is 4.74 Å². The van der Waals surface area contributed by atoms with Gasteiger partial charge >= 0.3 is 0 Å². The third-order valence-electron chi connectivity index (χ3n) is 4.74. The number of hydrogen-bond donors (Lipinski definition) is 0. The van der Waals surface area contributed by atoms with E-state index < -0.39 is 22.7 Å². The second-order valence-electron chi connectivity index (χ2n) is 5.82. The topological polar surface area (TPSA) is 104 Å². The Morgan fingerprint density at radius 2 is 1.44 bits per heavy atom. The highest BCUT2D eigenvalue weighted by molar-refractivity contribution is 5.51. The number of hydrogen-bond acceptors (Lipinski definition) is 5. The van der Waals surface area contributed by atoms with Crippen molar-refractivity contribution in [2.24, 2.45) is 22.7 Å². The molecule has 0 spiro atoms. The Morgan fingerprint density at radius 1 is 0.800 bits per heavy atom. The lowest BCUT2D eigenvalue weighted by atomic mass is 9.39. The summed E-state index contributed by atoms with van der Waals surface area (Å²) in [5, 5.41) is 38.7. The summed E-state index contributed by atoms with van der Waals surface area (Å²) < 4.78 is 5.92. The van der Waals surface area contributed by atoms with Crippen molar-refractivity contribution in [2.75, 3.05) is 0 Å². The standard InChI is InChI=1S/C20H12N4O/c21-11-19(12-22)16-9-5-2-6-10-17(18(16)20(19,13-23)14-24)25-15-7-3-1-4-8-15/h1-10,16,18H. The molecule has 0 aromatic heterocycles. The zero-order valence-corrected chi connectivity index (χ0v) is 13.1. The van der Waals surface area contributed by atoms with Crippen LogP contribution in [0.1, 0.15) is 0 Å². The monoisotopic (exact) mass is 324 g/mol. The molecule has 5 heteroatoms. The number of benzene rings is 1. The molecule has 0 aliphatic heterocycles. The molecule has 2 unspecified atom stereocenters. The molecular formula is C20H12N4O. The molecule has 5 nitrogen and oxygen atoms in total. The zero-order chi connectivity index (χ0) is 17.9. The summed E-state index contributed by atoms with van der Waals surface area (Å²) in [6.45, 7) is 0. The number of allylic oxidation sites excluding steroid dienone is 6. The minimum Gasteiger partial charge on any atom is -0.461 e. The van der Waals surface area contributed by atoms with Gasteiger partial charge in [-0.25, -0.2) is 0 Å². The van der Waals surface area contributed by atoms with E-state index in [0.717, 1.165) is 0 Å². The van der Waals surface area contributed by atoms with Gasteiger partial charge in [-0.1, -0.05) is 42.5 Å². The first-order valence-corrected chi connectivity index (χ1v) is 7.62. The van der Waals surface area contributed by atoms with Crippen molar-refractivity contribution >= 4 is 0 Å². The smallest absolute Gasteiger partial charge is 0.186 e. The van der Waals surface area contributed by atoms with Crippen LogP contribution in [0.5, 0.6) is 5.75 Å². The minimum atomic E-state index is -1.79. The maximum absolute atomic E-state index is 9.72. The van der Waals surface area contributed by atoms with Crippen LogP contribution in [0, 0.1) is 68.0 Å². The van der Waals surface area contributed by atoms with Crippen LogP contribution in [0.25, 0.3) is 0 Å². The first-order chi connectivity index (χ1) is 12.2. The van der Waals surface area contributed by atoms with Crippen LogP contribution in [0.15, 0.2) is 66.5 Å². The van der Waals surface area contributed by atoms with Crippen LogP contribution in [0.3, 0.4) is 0 Å². The van der Waals surface area contributed by atoms with Gasteiger partial charge < -0.3 is 4.74 Å². The van der Waals surface area contributed by atoms with Gasteiger partial charge in [0.05, 0.1) is 30.2 Å². The number of fused-ring (bicyclic) bond motifs is 1. The summed E-state index contributed by atoms with van der Waals surface area (Å²) in [5.74, 6) is -0.368. The van der Waals surface area contributed by atoms with E-state index in [0.29, 0.717) is 11.5 Å². The van der Waals surface area contributed by atoms with E-state index in [1.807, 2.05) is 42.5 Å². The van der Waals surface area contributed by atoms with Crippen LogP contribution >= 0.6 is 0 Å². The van der Waals surface area contributed by atoms with Gasteiger partial charge in [-0.15, -0.1) is 0 Å². The van der Waals surface area contributed by atoms with Crippen LogP contribution in [-0.2, 0) is 0 Å². The van der Waals surface area contributed by atoms with Gasteiger partial charge in [0.2, 0.25) is 0 Å². The largest absolute Gasteiger partial charge is 0.461 e. The van der Waals surface area contributed by atoms with E-state index in [9.17, 15) is 21.0 Å². The fourth-order valence-corrected chi connectivity index (χ4v) is 3.49. The summed E-state index contributed by atoms with van der Waals surface area (Å²) >= 11 is 0. The number of rotatable bonds is 2. The molecular weight excluding hydrogens is 312 g/mol. The molecule has 0 amide bonds. The molecule has 1 saturated carbocycles. The molecule has 3 rings (SSSR count). The molecule has 118 valence electrons. The molecule has 2 atom stereocenters. The summed E-state index contributed by atoms with van der Waals surface area (Å²) in [5.41, 5.74) is -3.53. The predicted molar refractivity (Wildman–Crippen MR) is 87.7 cm³/mol. The number of para-hydroxylation sites is 1. The van der Waals surface area contributed by atoms with E-state index in [1.165, 1.54) is 0 Å². The highest BCUT2D eigenvalue weighted by atomic mass is 16.5. The Hall–Kier alpha value is -3.80. The van der Waals surface area contributed by atoms with Crippen LogP contribution in [-0.4, -0.2) is 0 Å². The fraction of sp³-hybridized carbons (Fsp3) is 0.200. The fourth-order valence-electron chi connectivity index (χ4n) is 3.49. The Bertz CT molecular complexity index is 917. The maximum Gasteiger partial charge on any atom is 0.186 e. The average molecular weight is 324 g/mol. The van der Waals surface area contributed by atoms with Gasteiger partial charge in [0, 0.05) is 5.92 Å². The van der Waals surface area contributed by atoms with Crippen molar-refractivity contribution in [3.63, 3.8) is 0 Å². The van der Waals surface area contributed by atoms with Crippen molar-refractivity contribution in [2.45, 2.75) is 0 Å². The van der Waals surface area contributed by atoms with Crippen molar-refractivity contribution in [3.05, 3.63) is 66.5 Å². The molecule has 0 radical (unpaired) electrons. The van der Waals surface area contributed by atoms with E-state index in [-0.39, 0.29) is 0 Å². The van der Waals surface area contributed by atoms with Gasteiger partial charge in [0.15, 0.2) is 10.8 Å². The maximum atomic E-state index is 9.72. The molecule has 2 aliphatic rings. The van der Waals surface area contributed by atoms with Crippen molar-refractivity contribution in [1.29, 1.82) is 21.0 Å². The van der Waals surface area contributed by atoms with Crippen molar-refractivity contribution in [3.8, 4) is 30.0 Å². The molecule has 0 N–H and O–H groups in total. The molecule has 1 aromatic carbocycles. The first kappa shape index (κ1) is 16.1. The third-order valence-corrected chi connectivity index (χ3v) is 4.74. The molecule has 1 aromatic rings. The second kappa shape index (κ2) is 6.01. The molecule has 0 heterocycles. The normalized spacial score (nSPS) is 24.4. The molecule has 1 fully saturated rings. The predicted octanol–water partition coefficient (Wildman–Crippen LogP) is 3.39. The van der Waals surface area contributed by atoms with Crippen molar-refractivity contribution < 1.29 is 4.74 Å². The Balaban J connectivity index is 2.14. The first-order valence-electron chi connectivity index (χ1n) is 7.62. The Morgan fingerprint density at radius 3 is 2.04 bits per heavy atom. The SMILES string of the molecule is N#CC1(C#N)C2C=CC=CC=C(Oc3ccccc3)C2C1(C#N)C#N. The molecule has 0 saturated heterocycles. The highest BCUT2D eigenvalue weighted by Crippen LogP contribution is 2.66. The highest BCUT2D eigenvalue weighted by Gasteiger charge is 2.76.